The highest BCUT2D eigenvalue weighted by Crippen LogP contribution is 2.29. The number of ether oxygens (including phenoxy) is 2. The average molecular weight is 489 g/mol. The Bertz CT molecular complexity index is 1340. The monoisotopic (exact) mass is 488 g/mol. The summed E-state index contributed by atoms with van der Waals surface area (Å²) in [5.74, 6) is 0.923. The highest BCUT2D eigenvalue weighted by molar-refractivity contribution is 7.80. The van der Waals surface area contributed by atoms with Crippen LogP contribution in [0.3, 0.4) is 0 Å². The number of amides is 1. The van der Waals surface area contributed by atoms with Gasteiger partial charge in [0.05, 0.1) is 19.9 Å². The van der Waals surface area contributed by atoms with Crippen molar-refractivity contribution in [3.8, 4) is 17.2 Å². The number of carbonyl (C=O) groups is 1. The van der Waals surface area contributed by atoms with Crippen molar-refractivity contribution in [3.05, 3.63) is 89.1 Å². The molecule has 3 aromatic carbocycles. The minimum absolute atomic E-state index is 0.00664. The second-order valence-corrected chi connectivity index (χ2v) is 8.08. The van der Waals surface area contributed by atoms with Crippen LogP contribution in [0.2, 0.25) is 0 Å². The quantitative estimate of drug-likeness (QED) is 0.353. The summed E-state index contributed by atoms with van der Waals surface area (Å²) in [6.07, 6.45) is 1.62. The van der Waals surface area contributed by atoms with Gasteiger partial charge in [0.1, 0.15) is 11.4 Å². The molecular formula is C26H24N4O4S. The van der Waals surface area contributed by atoms with Crippen molar-refractivity contribution >= 4 is 40.8 Å². The van der Waals surface area contributed by atoms with Crippen LogP contribution in [0.15, 0.2) is 77.4 Å². The Balaban J connectivity index is 1.64. The topological polar surface area (TPSA) is 95.4 Å². The normalized spacial score (nSPS) is 14.0. The molecule has 8 nitrogen and oxygen atoms in total. The molecular weight excluding hydrogens is 464 g/mol. The van der Waals surface area contributed by atoms with Gasteiger partial charge in [-0.25, -0.2) is 4.99 Å². The molecule has 178 valence electrons. The van der Waals surface area contributed by atoms with E-state index in [1.807, 2.05) is 55.5 Å². The summed E-state index contributed by atoms with van der Waals surface area (Å²) in [5, 5.41) is 14.5. The fourth-order valence-corrected chi connectivity index (χ4v) is 3.72. The number of nitrogens with zero attached hydrogens (tertiary/aromatic N) is 2. The summed E-state index contributed by atoms with van der Waals surface area (Å²) < 4.78 is 10.6. The maximum atomic E-state index is 13.4. The van der Waals surface area contributed by atoms with Gasteiger partial charge in [0.15, 0.2) is 22.4 Å². The van der Waals surface area contributed by atoms with Crippen LogP contribution >= 0.6 is 12.2 Å². The number of hydrogen-bond acceptors (Lipinski definition) is 6. The van der Waals surface area contributed by atoms with Gasteiger partial charge in [-0.1, -0.05) is 42.5 Å². The van der Waals surface area contributed by atoms with E-state index in [1.165, 1.54) is 18.2 Å². The van der Waals surface area contributed by atoms with Crippen LogP contribution < -0.4 is 20.2 Å². The maximum absolute atomic E-state index is 13.4. The molecule has 35 heavy (non-hydrogen) atoms. The summed E-state index contributed by atoms with van der Waals surface area (Å²) in [4.78, 5) is 17.9. The lowest BCUT2D eigenvalue weighted by Gasteiger charge is -2.22. The van der Waals surface area contributed by atoms with Crippen molar-refractivity contribution in [2.24, 2.45) is 4.99 Å². The predicted molar refractivity (Wildman–Crippen MR) is 140 cm³/mol. The lowest BCUT2D eigenvalue weighted by Crippen LogP contribution is -2.49. The molecule has 1 aliphatic heterocycles. The molecule has 4 rings (SSSR count). The van der Waals surface area contributed by atoms with Gasteiger partial charge in [-0.2, -0.15) is 5.01 Å². The van der Waals surface area contributed by atoms with Crippen LogP contribution in [0, 0.1) is 6.92 Å². The van der Waals surface area contributed by atoms with Gasteiger partial charge in [0, 0.05) is 5.56 Å². The second kappa shape index (κ2) is 10.3. The number of phenolic OH excluding ortho intramolecular Hbond substituents is 1. The van der Waals surface area contributed by atoms with E-state index >= 15 is 0 Å². The average Bonchev–Trinajstić information content (AvgIpc) is 3.15. The zero-order chi connectivity index (χ0) is 24.9. The first-order valence-electron chi connectivity index (χ1n) is 10.7. The number of aromatic hydroxyl groups is 1. The minimum atomic E-state index is -0.392. The number of carbonyl (C=O) groups excluding carboxylic acids is 1. The Morgan fingerprint density at radius 2 is 1.77 bits per heavy atom. The Morgan fingerprint density at radius 3 is 2.49 bits per heavy atom. The van der Waals surface area contributed by atoms with Crippen LogP contribution in [0.25, 0.3) is 6.08 Å². The largest absolute Gasteiger partial charge is 0.504 e. The van der Waals surface area contributed by atoms with Crippen molar-refractivity contribution in [1.29, 1.82) is 0 Å². The Hall–Kier alpha value is -4.37. The van der Waals surface area contributed by atoms with Gasteiger partial charge in [0.2, 0.25) is 0 Å². The molecule has 3 aromatic rings. The summed E-state index contributed by atoms with van der Waals surface area (Å²) in [5.41, 5.74) is 6.22. The summed E-state index contributed by atoms with van der Waals surface area (Å²) in [6.45, 7) is 1.96. The highest BCUT2D eigenvalue weighted by atomic mass is 32.1. The number of aliphatic imine (C=N–C) groups is 1. The molecule has 0 aliphatic carbocycles. The van der Waals surface area contributed by atoms with Crippen LogP contribution in [0.5, 0.6) is 17.2 Å². The standard InChI is InChI=1S/C26H24N4O4S/c1-16-9-12-22(33-2)19(13-16)28-26(35)29-30-24(18-7-5-4-6-8-18)27-20(25(30)32)14-17-10-11-21(31)23(15-17)34-3/h4-15,31H,1-3H3,(H2,28,29,35)/b20-14-. The van der Waals surface area contributed by atoms with E-state index in [-0.39, 0.29) is 16.6 Å². The molecule has 0 unspecified atom stereocenters. The number of rotatable bonds is 6. The molecule has 0 bridgehead atoms. The molecule has 0 atom stereocenters. The molecule has 0 radical (unpaired) electrons. The lowest BCUT2D eigenvalue weighted by atomic mass is 10.1. The van der Waals surface area contributed by atoms with Crippen molar-refractivity contribution in [2.75, 3.05) is 19.5 Å². The number of aryl methyl sites for hydroxylation is 1. The molecule has 0 saturated heterocycles. The zero-order valence-electron chi connectivity index (χ0n) is 19.4. The van der Waals surface area contributed by atoms with Crippen LogP contribution in [0.4, 0.5) is 5.69 Å². The van der Waals surface area contributed by atoms with E-state index in [4.69, 9.17) is 21.7 Å². The lowest BCUT2D eigenvalue weighted by molar-refractivity contribution is -0.123. The first-order chi connectivity index (χ1) is 16.9. The molecule has 1 amide bonds. The number of hydrogen-bond donors (Lipinski definition) is 3. The molecule has 0 spiro atoms. The van der Waals surface area contributed by atoms with Crippen molar-refractivity contribution in [3.63, 3.8) is 0 Å². The highest BCUT2D eigenvalue weighted by Gasteiger charge is 2.32. The van der Waals surface area contributed by atoms with E-state index in [9.17, 15) is 9.90 Å². The van der Waals surface area contributed by atoms with Crippen LogP contribution in [-0.2, 0) is 4.79 Å². The van der Waals surface area contributed by atoms with Crippen molar-refractivity contribution in [2.45, 2.75) is 6.92 Å². The SMILES string of the molecule is COc1cc(/C=C2\N=C(c3ccccc3)N(NC(=S)Nc3cc(C)ccc3OC)C2=O)ccc1O. The van der Waals surface area contributed by atoms with Crippen molar-refractivity contribution < 1.29 is 19.4 Å². The molecule has 1 heterocycles. The van der Waals surface area contributed by atoms with Gasteiger partial charge in [-0.15, -0.1) is 0 Å². The molecule has 1 aliphatic rings. The first kappa shape index (κ1) is 23.8. The molecule has 0 saturated carbocycles. The third-order valence-corrected chi connectivity index (χ3v) is 5.41. The van der Waals surface area contributed by atoms with Gasteiger partial charge >= 0.3 is 0 Å². The smallest absolute Gasteiger partial charge is 0.297 e. The maximum Gasteiger partial charge on any atom is 0.297 e. The van der Waals surface area contributed by atoms with Gasteiger partial charge < -0.3 is 19.9 Å². The van der Waals surface area contributed by atoms with Crippen LogP contribution in [0.1, 0.15) is 16.7 Å². The Morgan fingerprint density at radius 1 is 1.03 bits per heavy atom. The zero-order valence-corrected chi connectivity index (χ0v) is 20.2. The first-order valence-corrected chi connectivity index (χ1v) is 11.1. The summed E-state index contributed by atoms with van der Waals surface area (Å²) >= 11 is 5.50. The Labute approximate surface area is 208 Å². The number of nitrogens with one attached hydrogen (secondary N) is 2. The number of amidine groups is 1. The minimum Gasteiger partial charge on any atom is -0.504 e. The van der Waals surface area contributed by atoms with Crippen molar-refractivity contribution in [1.82, 2.24) is 10.4 Å². The van der Waals surface area contributed by atoms with Gasteiger partial charge in [-0.05, 0) is 60.6 Å². The second-order valence-electron chi connectivity index (χ2n) is 7.67. The Kier molecular flexibility index (Phi) is 6.98. The number of phenols is 1. The van der Waals surface area contributed by atoms with E-state index in [0.717, 1.165) is 11.1 Å². The van der Waals surface area contributed by atoms with Crippen LogP contribution in [-0.4, -0.2) is 41.2 Å². The summed E-state index contributed by atoms with van der Waals surface area (Å²) in [7, 11) is 3.03. The number of anilines is 1. The molecule has 3 N–H and O–H groups in total. The summed E-state index contributed by atoms with van der Waals surface area (Å²) in [6, 6.07) is 19.8. The van der Waals surface area contributed by atoms with E-state index in [0.29, 0.717) is 28.6 Å². The van der Waals surface area contributed by atoms with E-state index < -0.39 is 5.91 Å². The third kappa shape index (κ3) is 5.25. The predicted octanol–water partition coefficient (Wildman–Crippen LogP) is 4.25. The fourth-order valence-electron chi connectivity index (χ4n) is 3.51. The van der Waals surface area contributed by atoms with Gasteiger partial charge in [0.25, 0.3) is 5.91 Å². The number of thiocarbonyl (C=S) groups is 1. The fraction of sp³-hybridized carbons (Fsp3) is 0.115. The van der Waals surface area contributed by atoms with E-state index in [2.05, 4.69) is 15.7 Å². The molecule has 0 fully saturated rings. The molecule has 0 aromatic heterocycles. The van der Waals surface area contributed by atoms with E-state index in [1.54, 1.807) is 25.3 Å². The molecule has 9 heteroatoms. The number of methoxy groups -OCH3 is 2. The van der Waals surface area contributed by atoms with Gasteiger partial charge in [-0.3, -0.25) is 10.2 Å². The number of hydrazine groups is 1. The number of benzene rings is 3. The third-order valence-electron chi connectivity index (χ3n) is 5.22.